The van der Waals surface area contributed by atoms with Gasteiger partial charge in [-0.1, -0.05) is 47.8 Å². The van der Waals surface area contributed by atoms with Crippen molar-refractivity contribution in [2.45, 2.75) is 33.7 Å². The van der Waals surface area contributed by atoms with E-state index >= 15 is 0 Å². The number of carbonyl (C=O) groups is 1. The summed E-state index contributed by atoms with van der Waals surface area (Å²) in [4.78, 5) is 12.9. The molecule has 0 aliphatic heterocycles. The lowest BCUT2D eigenvalue weighted by Gasteiger charge is -2.19. The highest BCUT2D eigenvalue weighted by Crippen LogP contribution is 2.22. The lowest BCUT2D eigenvalue weighted by Crippen LogP contribution is -2.38. The third kappa shape index (κ3) is 8.26. The average molecular weight is 462 g/mol. The van der Waals surface area contributed by atoms with Crippen molar-refractivity contribution in [3.63, 3.8) is 0 Å². The van der Waals surface area contributed by atoms with E-state index < -0.39 is 5.91 Å². The molecule has 1 rings (SSSR count). The van der Waals surface area contributed by atoms with Crippen LogP contribution >= 0.6 is 34.8 Å². The zero-order valence-corrected chi connectivity index (χ0v) is 19.3. The van der Waals surface area contributed by atoms with Gasteiger partial charge in [0.1, 0.15) is 16.7 Å². The number of hydrogen-bond acceptors (Lipinski definition) is 5. The fraction of sp³-hybridized carbons (Fsp3) is 0.400. The van der Waals surface area contributed by atoms with Crippen molar-refractivity contribution in [3.05, 3.63) is 56.5 Å². The normalized spacial score (nSPS) is 12.7. The number of methoxy groups -OCH3 is 1. The number of rotatable bonds is 11. The van der Waals surface area contributed by atoms with Crippen molar-refractivity contribution < 1.29 is 9.53 Å². The Morgan fingerprint density at radius 3 is 2.41 bits per heavy atom. The Labute approximate surface area is 187 Å². The molecule has 1 aromatic rings. The Bertz CT molecular complexity index is 807. The molecule has 0 aromatic heterocycles. The second-order valence-corrected chi connectivity index (χ2v) is 7.49. The average Bonchev–Trinajstić information content (AvgIpc) is 2.69. The zero-order chi connectivity index (χ0) is 22.0. The van der Waals surface area contributed by atoms with Gasteiger partial charge >= 0.3 is 0 Å². The van der Waals surface area contributed by atoms with Crippen molar-refractivity contribution in [1.29, 1.82) is 5.41 Å². The van der Waals surface area contributed by atoms with E-state index in [9.17, 15) is 4.79 Å². The van der Waals surface area contributed by atoms with Crippen LogP contribution in [0.25, 0.3) is 0 Å². The maximum absolute atomic E-state index is 12.9. The third-order valence-electron chi connectivity index (χ3n) is 4.19. The minimum absolute atomic E-state index is 0.207. The molecule has 0 unspecified atom stereocenters. The molecule has 4 N–H and O–H groups in total. The predicted octanol–water partition coefficient (Wildman–Crippen LogP) is 4.57. The fourth-order valence-electron chi connectivity index (χ4n) is 2.27. The first kappa shape index (κ1) is 25.3. The van der Waals surface area contributed by atoms with Gasteiger partial charge in [-0.25, -0.2) is 0 Å². The number of hydrogen-bond donors (Lipinski definition) is 4. The molecule has 1 amide bonds. The van der Waals surface area contributed by atoms with Crippen LogP contribution in [0.1, 0.15) is 32.8 Å². The molecule has 0 aliphatic rings. The smallest absolute Gasteiger partial charge is 0.273 e. The number of benzene rings is 1. The van der Waals surface area contributed by atoms with Crippen molar-refractivity contribution >= 4 is 45.9 Å². The third-order valence-corrected chi connectivity index (χ3v) is 5.21. The van der Waals surface area contributed by atoms with E-state index in [1.165, 1.54) is 0 Å². The highest BCUT2D eigenvalue weighted by Gasteiger charge is 2.17. The largest absolute Gasteiger partial charge is 0.383 e. The number of ether oxygens (including phenoxy) is 1. The molecule has 160 valence electrons. The van der Waals surface area contributed by atoms with Crippen molar-refractivity contribution in [2.75, 3.05) is 20.3 Å². The Kier molecular flexibility index (Phi) is 11.1. The number of carbonyl (C=O) groups excluding carboxylic acids is 1. The quantitative estimate of drug-likeness (QED) is 0.221. The minimum atomic E-state index is -0.395. The van der Waals surface area contributed by atoms with Crippen LogP contribution in [0.5, 0.6) is 0 Å². The van der Waals surface area contributed by atoms with Crippen LogP contribution in [0.3, 0.4) is 0 Å². The van der Waals surface area contributed by atoms with Gasteiger partial charge in [0.15, 0.2) is 0 Å². The van der Waals surface area contributed by atoms with E-state index in [0.717, 1.165) is 17.6 Å². The van der Waals surface area contributed by atoms with Crippen LogP contribution in [0.2, 0.25) is 10.0 Å². The molecule has 0 aliphatic carbocycles. The monoisotopic (exact) mass is 460 g/mol. The first-order valence-corrected chi connectivity index (χ1v) is 10.2. The molecule has 29 heavy (non-hydrogen) atoms. The predicted molar refractivity (Wildman–Crippen MR) is 121 cm³/mol. The minimum Gasteiger partial charge on any atom is -0.383 e. The summed E-state index contributed by atoms with van der Waals surface area (Å²) in [5.74, 6) is 0.192. The Morgan fingerprint density at radius 1 is 1.17 bits per heavy atom. The second-order valence-electron chi connectivity index (χ2n) is 6.30. The molecule has 0 fully saturated rings. The van der Waals surface area contributed by atoms with Crippen LogP contribution in [-0.4, -0.2) is 31.3 Å². The lowest BCUT2D eigenvalue weighted by atomic mass is 10.2. The molecule has 1 aromatic carbocycles. The second kappa shape index (κ2) is 12.8. The van der Waals surface area contributed by atoms with Crippen LogP contribution in [0.15, 0.2) is 40.9 Å². The highest BCUT2D eigenvalue weighted by molar-refractivity contribution is 6.68. The van der Waals surface area contributed by atoms with Gasteiger partial charge in [-0.15, -0.1) is 0 Å². The summed E-state index contributed by atoms with van der Waals surface area (Å²) in [6, 6.07) is 5.36. The number of amides is 1. The zero-order valence-electron chi connectivity index (χ0n) is 17.0. The molecule has 6 nitrogen and oxygen atoms in total. The number of allylic oxidation sites excluding steroid dienone is 2. The fourth-order valence-corrected chi connectivity index (χ4v) is 2.68. The van der Waals surface area contributed by atoms with Gasteiger partial charge in [-0.05, 0) is 43.5 Å². The molecule has 0 heterocycles. The molecule has 0 saturated carbocycles. The molecular formula is C20H27Cl3N4O2. The first-order chi connectivity index (χ1) is 13.7. The lowest BCUT2D eigenvalue weighted by molar-refractivity contribution is -0.117. The molecule has 0 saturated heterocycles. The summed E-state index contributed by atoms with van der Waals surface area (Å²) in [5, 5.41) is 17.5. The highest BCUT2D eigenvalue weighted by atomic mass is 35.5. The standard InChI is InChI=1S/C20H27Cl3N4O2/c1-5-12(2)19(26-11-14-6-7-15(21)16(22)10-14)27-20(28)17(13(3)18(23)24)25-8-9-29-4/h6-7,10,24-26H,5,8-9,11H2,1-4H3,(H,27,28)/b17-13-,19-12-,24-18?. The topological polar surface area (TPSA) is 86.2 Å². The van der Waals surface area contributed by atoms with E-state index in [1.807, 2.05) is 19.9 Å². The van der Waals surface area contributed by atoms with E-state index in [4.69, 9.17) is 44.9 Å². The van der Waals surface area contributed by atoms with Crippen LogP contribution in [0.4, 0.5) is 0 Å². The van der Waals surface area contributed by atoms with Gasteiger partial charge in [0.2, 0.25) is 0 Å². The molecule has 0 bridgehead atoms. The van der Waals surface area contributed by atoms with E-state index in [0.29, 0.717) is 41.1 Å². The maximum atomic E-state index is 12.9. The number of halogens is 3. The first-order valence-electron chi connectivity index (χ1n) is 9.08. The Balaban J connectivity index is 3.00. The summed E-state index contributed by atoms with van der Waals surface area (Å²) in [6.45, 7) is 6.80. The van der Waals surface area contributed by atoms with E-state index in [-0.39, 0.29) is 10.9 Å². The summed E-state index contributed by atoms with van der Waals surface area (Å²) in [5.41, 5.74) is 2.45. The van der Waals surface area contributed by atoms with Crippen molar-refractivity contribution in [3.8, 4) is 0 Å². The molecule has 0 radical (unpaired) electrons. The Hall–Kier alpha value is -1.73. The van der Waals surface area contributed by atoms with Gasteiger partial charge in [-0.2, -0.15) is 0 Å². The molecular weight excluding hydrogens is 435 g/mol. The van der Waals surface area contributed by atoms with Crippen molar-refractivity contribution in [2.24, 2.45) is 0 Å². The van der Waals surface area contributed by atoms with Gasteiger partial charge in [0, 0.05) is 25.8 Å². The van der Waals surface area contributed by atoms with Gasteiger partial charge < -0.3 is 20.7 Å². The SMILES string of the molecule is CC/C(C)=C(/NCc1ccc(Cl)c(Cl)c1)NC(=O)/C(NCCOC)=C(\C)C(=N)Cl. The molecule has 9 heteroatoms. The van der Waals surface area contributed by atoms with Gasteiger partial charge in [0.25, 0.3) is 5.91 Å². The van der Waals surface area contributed by atoms with E-state index in [1.54, 1.807) is 26.2 Å². The molecule has 0 spiro atoms. The summed E-state index contributed by atoms with van der Waals surface area (Å²) in [6.07, 6.45) is 0.741. The number of nitrogens with one attached hydrogen (secondary N) is 4. The maximum Gasteiger partial charge on any atom is 0.273 e. The van der Waals surface area contributed by atoms with Crippen molar-refractivity contribution in [1.82, 2.24) is 16.0 Å². The van der Waals surface area contributed by atoms with Crippen LogP contribution in [-0.2, 0) is 16.1 Å². The Morgan fingerprint density at radius 2 is 1.86 bits per heavy atom. The van der Waals surface area contributed by atoms with Gasteiger partial charge in [0.05, 0.1) is 16.7 Å². The molecule has 0 atom stereocenters. The van der Waals surface area contributed by atoms with E-state index in [2.05, 4.69) is 16.0 Å². The summed E-state index contributed by atoms with van der Waals surface area (Å²) < 4.78 is 5.01. The summed E-state index contributed by atoms with van der Waals surface area (Å²) in [7, 11) is 1.57. The summed E-state index contributed by atoms with van der Waals surface area (Å²) >= 11 is 17.8. The van der Waals surface area contributed by atoms with Gasteiger partial charge in [-0.3, -0.25) is 10.2 Å². The van der Waals surface area contributed by atoms with Crippen LogP contribution < -0.4 is 16.0 Å². The van der Waals surface area contributed by atoms with Crippen LogP contribution in [0, 0.1) is 5.41 Å².